The van der Waals surface area contributed by atoms with Gasteiger partial charge < -0.3 is 4.74 Å². The van der Waals surface area contributed by atoms with Crippen LogP contribution in [0.2, 0.25) is 10.0 Å². The molecule has 0 aliphatic rings. The van der Waals surface area contributed by atoms with Crippen molar-refractivity contribution in [2.75, 3.05) is 10.6 Å². The molecule has 8 nitrogen and oxygen atoms in total. The number of carbonyl (C=O) groups excluding carboxylic acids is 2. The van der Waals surface area contributed by atoms with Gasteiger partial charge in [0.1, 0.15) is 5.75 Å². The summed E-state index contributed by atoms with van der Waals surface area (Å²) in [6, 6.07) is 17.8. The van der Waals surface area contributed by atoms with E-state index in [0.717, 1.165) is 10.6 Å². The largest absolute Gasteiger partial charge is 0.427 e. The molecule has 35 heavy (non-hydrogen) atoms. The number of halogens is 2. The van der Waals surface area contributed by atoms with E-state index in [2.05, 4.69) is 10.5 Å². The number of nitrogens with one attached hydrogen (secondary N) is 1. The molecule has 0 fully saturated rings. The van der Waals surface area contributed by atoms with Gasteiger partial charge in [0.2, 0.25) is 10.0 Å². The Morgan fingerprint density at radius 3 is 2.29 bits per heavy atom. The molecule has 0 saturated carbocycles. The Balaban J connectivity index is 1.66. The minimum absolute atomic E-state index is 0.00227. The van der Waals surface area contributed by atoms with Crippen molar-refractivity contribution in [3.63, 3.8) is 0 Å². The van der Waals surface area contributed by atoms with E-state index < -0.39 is 21.9 Å². The van der Waals surface area contributed by atoms with E-state index in [-0.39, 0.29) is 22.3 Å². The number of anilines is 1. The molecule has 0 radical (unpaired) electrons. The van der Waals surface area contributed by atoms with Gasteiger partial charge in [-0.05, 0) is 59.7 Å². The Morgan fingerprint density at radius 2 is 1.69 bits per heavy atom. The molecular weight excluding hydrogens is 513 g/mol. The first-order valence-corrected chi connectivity index (χ1v) is 12.8. The smallest absolute Gasteiger partial charge is 0.308 e. The molecule has 0 atom stereocenters. The first-order chi connectivity index (χ1) is 16.5. The zero-order valence-electron chi connectivity index (χ0n) is 18.7. The molecule has 0 bridgehead atoms. The number of rotatable bonds is 8. The minimum Gasteiger partial charge on any atom is -0.427 e. The van der Waals surface area contributed by atoms with Gasteiger partial charge in [0.25, 0.3) is 5.91 Å². The Morgan fingerprint density at radius 1 is 1.03 bits per heavy atom. The lowest BCUT2D eigenvalue weighted by molar-refractivity contribution is -0.131. The molecule has 3 rings (SSSR count). The number of hydrogen-bond donors (Lipinski definition) is 1. The molecule has 0 spiro atoms. The predicted molar refractivity (Wildman–Crippen MR) is 137 cm³/mol. The Bertz CT molecular complexity index is 1360. The maximum absolute atomic E-state index is 12.4. The quantitative estimate of drug-likeness (QED) is 0.196. The molecule has 11 heteroatoms. The van der Waals surface area contributed by atoms with Crippen molar-refractivity contribution in [2.24, 2.45) is 5.10 Å². The lowest BCUT2D eigenvalue weighted by Gasteiger charge is -2.24. The number of esters is 1. The van der Waals surface area contributed by atoms with Gasteiger partial charge >= 0.3 is 5.97 Å². The third kappa shape index (κ3) is 7.29. The highest BCUT2D eigenvalue weighted by Gasteiger charge is 2.21. The van der Waals surface area contributed by atoms with Crippen LogP contribution in [0.4, 0.5) is 5.69 Å². The highest BCUT2D eigenvalue weighted by atomic mass is 35.5. The van der Waals surface area contributed by atoms with Gasteiger partial charge in [-0.3, -0.25) is 13.9 Å². The fourth-order valence-electron chi connectivity index (χ4n) is 3.01. The molecule has 0 aromatic heterocycles. The van der Waals surface area contributed by atoms with Crippen LogP contribution in [-0.4, -0.2) is 32.8 Å². The van der Waals surface area contributed by atoms with E-state index >= 15 is 0 Å². The molecule has 0 aliphatic heterocycles. The maximum atomic E-state index is 12.4. The topological polar surface area (TPSA) is 105 Å². The summed E-state index contributed by atoms with van der Waals surface area (Å²) in [4.78, 5) is 23.3. The summed E-state index contributed by atoms with van der Waals surface area (Å²) in [6.07, 6.45) is 2.52. The summed E-state index contributed by atoms with van der Waals surface area (Å²) in [5.74, 6) is -0.449. The van der Waals surface area contributed by atoms with Crippen LogP contribution in [0.5, 0.6) is 5.75 Å². The monoisotopic (exact) mass is 533 g/mol. The second-order valence-electron chi connectivity index (χ2n) is 7.40. The third-order valence-corrected chi connectivity index (χ3v) is 6.60. The normalized spacial score (nSPS) is 11.3. The fourth-order valence-corrected chi connectivity index (χ4v) is 4.35. The maximum Gasteiger partial charge on any atom is 0.308 e. The van der Waals surface area contributed by atoms with Gasteiger partial charge in [0.15, 0.2) is 0 Å². The Hall–Kier alpha value is -3.40. The first kappa shape index (κ1) is 26.2. The van der Waals surface area contributed by atoms with E-state index in [1.165, 1.54) is 13.1 Å². The van der Waals surface area contributed by atoms with Crippen molar-refractivity contribution in [1.82, 2.24) is 5.43 Å². The lowest BCUT2D eigenvalue weighted by atomic mass is 10.1. The molecule has 1 N–H and O–H groups in total. The van der Waals surface area contributed by atoms with Crippen LogP contribution < -0.4 is 14.5 Å². The summed E-state index contributed by atoms with van der Waals surface area (Å²) >= 11 is 12.3. The molecule has 0 heterocycles. The van der Waals surface area contributed by atoms with Crippen LogP contribution in [0, 0.1) is 0 Å². The first-order valence-electron chi connectivity index (χ1n) is 10.2. The van der Waals surface area contributed by atoms with Gasteiger partial charge in [-0.15, -0.1) is 0 Å². The van der Waals surface area contributed by atoms with E-state index in [9.17, 15) is 18.0 Å². The van der Waals surface area contributed by atoms with Crippen LogP contribution >= 0.6 is 23.2 Å². The summed E-state index contributed by atoms with van der Waals surface area (Å²) < 4.78 is 30.9. The number of carbonyl (C=O) groups is 2. The van der Waals surface area contributed by atoms with Gasteiger partial charge in [0.05, 0.1) is 34.7 Å². The van der Waals surface area contributed by atoms with Crippen LogP contribution in [0.3, 0.4) is 0 Å². The third-order valence-electron chi connectivity index (χ3n) is 4.66. The van der Waals surface area contributed by atoms with E-state index in [1.807, 2.05) is 0 Å². The van der Waals surface area contributed by atoms with Crippen molar-refractivity contribution < 1.29 is 22.7 Å². The molecular formula is C24H21Cl2N3O5S. The number of ether oxygens (including phenoxy) is 1. The Labute approximate surface area is 213 Å². The summed E-state index contributed by atoms with van der Waals surface area (Å²) in [5.41, 5.74) is 4.35. The van der Waals surface area contributed by atoms with Crippen molar-refractivity contribution >= 4 is 57.0 Å². The SMILES string of the molecule is CC(=O)Oc1ccc(/C=N\NC(=O)c2ccc(CN(c3cccc(Cl)c3Cl)S(C)(=O)=O)cc2)cc1. The molecule has 0 aliphatic carbocycles. The van der Waals surface area contributed by atoms with Crippen LogP contribution in [0.25, 0.3) is 0 Å². The second-order valence-corrected chi connectivity index (χ2v) is 10.1. The van der Waals surface area contributed by atoms with Gasteiger partial charge in [-0.2, -0.15) is 5.10 Å². The Kier molecular flexibility index (Phi) is 8.50. The number of sulfonamides is 1. The summed E-state index contributed by atoms with van der Waals surface area (Å²) in [7, 11) is -3.66. The average Bonchev–Trinajstić information content (AvgIpc) is 2.80. The molecule has 182 valence electrons. The zero-order chi connectivity index (χ0) is 25.6. The highest BCUT2D eigenvalue weighted by Crippen LogP contribution is 2.34. The number of benzene rings is 3. The van der Waals surface area contributed by atoms with Crippen molar-refractivity contribution in [2.45, 2.75) is 13.5 Å². The van der Waals surface area contributed by atoms with Crippen molar-refractivity contribution in [3.05, 3.63) is 93.5 Å². The van der Waals surface area contributed by atoms with Gasteiger partial charge in [0, 0.05) is 12.5 Å². The number of hydrogen-bond acceptors (Lipinski definition) is 6. The standard InChI is InChI=1S/C24H21Cl2N3O5S/c1-16(30)34-20-12-8-17(9-13-20)14-27-28-24(31)19-10-6-18(7-11-19)15-29(35(2,32)33)22-5-3-4-21(25)23(22)26/h3-14H,15H2,1-2H3,(H,28,31)/b27-14-. The van der Waals surface area contributed by atoms with E-state index in [0.29, 0.717) is 22.4 Å². The minimum atomic E-state index is -3.66. The molecule has 3 aromatic carbocycles. The van der Waals surface area contributed by atoms with Crippen molar-refractivity contribution in [1.29, 1.82) is 0 Å². The highest BCUT2D eigenvalue weighted by molar-refractivity contribution is 7.92. The summed E-state index contributed by atoms with van der Waals surface area (Å²) in [6.45, 7) is 1.32. The number of hydrazone groups is 1. The van der Waals surface area contributed by atoms with Crippen molar-refractivity contribution in [3.8, 4) is 5.75 Å². The van der Waals surface area contributed by atoms with Crippen LogP contribution in [0.1, 0.15) is 28.4 Å². The molecule has 0 saturated heterocycles. The van der Waals surface area contributed by atoms with Gasteiger partial charge in [-0.25, -0.2) is 13.8 Å². The second kappa shape index (κ2) is 11.4. The molecule has 3 aromatic rings. The van der Waals surface area contributed by atoms with Crippen LogP contribution in [-0.2, 0) is 21.4 Å². The van der Waals surface area contributed by atoms with Gasteiger partial charge in [-0.1, -0.05) is 41.4 Å². The number of nitrogens with zero attached hydrogens (tertiary/aromatic N) is 2. The van der Waals surface area contributed by atoms with Crippen LogP contribution in [0.15, 0.2) is 71.8 Å². The predicted octanol–water partition coefficient (Wildman–Crippen LogP) is 4.65. The molecule has 0 unspecified atom stereocenters. The fraction of sp³-hybridized carbons (Fsp3) is 0.125. The molecule has 1 amide bonds. The van der Waals surface area contributed by atoms with E-state index in [1.54, 1.807) is 66.7 Å². The summed E-state index contributed by atoms with van der Waals surface area (Å²) in [5, 5.41) is 4.30. The lowest BCUT2D eigenvalue weighted by Crippen LogP contribution is -2.29. The number of amides is 1. The zero-order valence-corrected chi connectivity index (χ0v) is 21.1. The average molecular weight is 534 g/mol. The van der Waals surface area contributed by atoms with E-state index in [4.69, 9.17) is 27.9 Å².